The summed E-state index contributed by atoms with van der Waals surface area (Å²) in [6.07, 6.45) is 0.529. The molecular weight excluding hydrogens is 202 g/mol. The first kappa shape index (κ1) is 9.34. The van der Waals surface area contributed by atoms with E-state index in [1.807, 2.05) is 12.1 Å². The van der Waals surface area contributed by atoms with Crippen LogP contribution in [0, 0.1) is 0 Å². The molecule has 0 radical (unpaired) electrons. The molecule has 1 heterocycles. The van der Waals surface area contributed by atoms with E-state index in [-0.39, 0.29) is 0 Å². The third kappa shape index (κ3) is 1.24. The van der Waals surface area contributed by atoms with Gasteiger partial charge in [0.25, 0.3) is 0 Å². The van der Waals surface area contributed by atoms with Crippen LogP contribution in [0.5, 0.6) is 0 Å². The predicted octanol–water partition coefficient (Wildman–Crippen LogP) is 1.79. The van der Waals surface area contributed by atoms with Gasteiger partial charge in [0, 0.05) is 13.5 Å². The van der Waals surface area contributed by atoms with Gasteiger partial charge in [0.15, 0.2) is 0 Å². The molecular formula is C10H10ClNO2. The summed E-state index contributed by atoms with van der Waals surface area (Å²) in [4.78, 5) is 12.6. The Bertz CT molecular complexity index is 392. The molecule has 1 atom stereocenters. The fraction of sp³-hybridized carbons (Fsp3) is 0.300. The molecule has 0 bridgehead atoms. The summed E-state index contributed by atoms with van der Waals surface area (Å²) in [5, 5.41) is 9.58. The zero-order valence-electron chi connectivity index (χ0n) is 7.70. The van der Waals surface area contributed by atoms with E-state index < -0.39 is 12.0 Å². The molecule has 1 aromatic carbocycles. The second kappa shape index (κ2) is 3.17. The number of para-hydroxylation sites is 1. The van der Waals surface area contributed by atoms with E-state index in [0.717, 1.165) is 11.3 Å². The highest BCUT2D eigenvalue weighted by molar-refractivity contribution is 6.33. The van der Waals surface area contributed by atoms with Crippen molar-refractivity contribution in [3.05, 3.63) is 28.8 Å². The number of aliphatic carboxylic acids is 1. The maximum atomic E-state index is 10.9. The number of hydrogen-bond acceptors (Lipinski definition) is 2. The largest absolute Gasteiger partial charge is 0.480 e. The van der Waals surface area contributed by atoms with Gasteiger partial charge in [-0.1, -0.05) is 23.7 Å². The Morgan fingerprint density at radius 3 is 2.93 bits per heavy atom. The summed E-state index contributed by atoms with van der Waals surface area (Å²) in [6.45, 7) is 0. The lowest BCUT2D eigenvalue weighted by atomic mass is 10.1. The minimum atomic E-state index is -0.806. The first-order chi connectivity index (χ1) is 6.61. The molecule has 3 nitrogen and oxygen atoms in total. The zero-order valence-corrected chi connectivity index (χ0v) is 8.45. The number of carboxylic acids is 1. The molecule has 0 aliphatic carbocycles. The standard InChI is InChI=1S/C10H10ClNO2/c1-12-8(10(13)14)5-6-3-2-4-7(11)9(6)12/h2-4,8H,5H2,1H3,(H,13,14). The summed E-state index contributed by atoms with van der Waals surface area (Å²) in [6, 6.07) is 5.06. The normalized spacial score (nSPS) is 19.6. The highest BCUT2D eigenvalue weighted by atomic mass is 35.5. The van der Waals surface area contributed by atoms with Gasteiger partial charge in [-0.3, -0.25) is 0 Å². The molecule has 1 aliphatic rings. The smallest absolute Gasteiger partial charge is 0.326 e. The molecule has 1 N–H and O–H groups in total. The molecule has 0 aromatic heterocycles. The van der Waals surface area contributed by atoms with Crippen LogP contribution in [0.4, 0.5) is 5.69 Å². The van der Waals surface area contributed by atoms with Crippen LogP contribution in [0.15, 0.2) is 18.2 Å². The first-order valence-electron chi connectivity index (χ1n) is 4.34. The third-order valence-electron chi connectivity index (χ3n) is 2.59. The number of anilines is 1. The van der Waals surface area contributed by atoms with Crippen molar-refractivity contribution in [2.75, 3.05) is 11.9 Å². The van der Waals surface area contributed by atoms with E-state index in [2.05, 4.69) is 0 Å². The van der Waals surface area contributed by atoms with E-state index in [1.165, 1.54) is 0 Å². The topological polar surface area (TPSA) is 40.5 Å². The van der Waals surface area contributed by atoms with E-state index >= 15 is 0 Å². The van der Waals surface area contributed by atoms with Crippen molar-refractivity contribution >= 4 is 23.3 Å². The molecule has 1 aliphatic heterocycles. The van der Waals surface area contributed by atoms with Crippen molar-refractivity contribution in [2.24, 2.45) is 0 Å². The Morgan fingerprint density at radius 2 is 2.36 bits per heavy atom. The second-order valence-corrected chi connectivity index (χ2v) is 3.82. The first-order valence-corrected chi connectivity index (χ1v) is 4.72. The summed E-state index contributed by atoms with van der Waals surface area (Å²) in [7, 11) is 1.76. The van der Waals surface area contributed by atoms with Gasteiger partial charge in [-0.2, -0.15) is 0 Å². The number of nitrogens with zero attached hydrogens (tertiary/aromatic N) is 1. The van der Waals surface area contributed by atoms with Crippen molar-refractivity contribution < 1.29 is 9.90 Å². The molecule has 74 valence electrons. The zero-order chi connectivity index (χ0) is 10.3. The quantitative estimate of drug-likeness (QED) is 0.770. The van der Waals surface area contributed by atoms with E-state index in [4.69, 9.17) is 16.7 Å². The van der Waals surface area contributed by atoms with Crippen molar-refractivity contribution in [1.82, 2.24) is 0 Å². The van der Waals surface area contributed by atoms with Crippen LogP contribution in [0.1, 0.15) is 5.56 Å². The molecule has 1 aromatic rings. The molecule has 0 saturated heterocycles. The summed E-state index contributed by atoms with van der Waals surface area (Å²) in [5.41, 5.74) is 1.86. The van der Waals surface area contributed by atoms with E-state index in [1.54, 1.807) is 18.0 Å². The third-order valence-corrected chi connectivity index (χ3v) is 2.89. The average Bonchev–Trinajstić information content (AvgIpc) is 2.45. The van der Waals surface area contributed by atoms with Gasteiger partial charge in [-0.15, -0.1) is 0 Å². The molecule has 0 spiro atoms. The predicted molar refractivity (Wildman–Crippen MR) is 55.0 cm³/mol. The maximum absolute atomic E-state index is 10.9. The van der Waals surface area contributed by atoms with Gasteiger partial charge < -0.3 is 10.0 Å². The minimum absolute atomic E-state index is 0.482. The minimum Gasteiger partial charge on any atom is -0.480 e. The number of carbonyl (C=O) groups is 1. The van der Waals surface area contributed by atoms with E-state index in [0.29, 0.717) is 11.4 Å². The molecule has 4 heteroatoms. The van der Waals surface area contributed by atoms with Crippen LogP contribution in [0.2, 0.25) is 5.02 Å². The van der Waals surface area contributed by atoms with Crippen molar-refractivity contribution in [2.45, 2.75) is 12.5 Å². The lowest BCUT2D eigenvalue weighted by Gasteiger charge is -2.19. The highest BCUT2D eigenvalue weighted by Gasteiger charge is 2.32. The Kier molecular flexibility index (Phi) is 2.11. The molecule has 2 rings (SSSR count). The van der Waals surface area contributed by atoms with Gasteiger partial charge in [-0.25, -0.2) is 4.79 Å². The fourth-order valence-corrected chi connectivity index (χ4v) is 2.20. The molecule has 0 amide bonds. The number of likely N-dealkylation sites (N-methyl/N-ethyl adjacent to an activating group) is 1. The lowest BCUT2D eigenvalue weighted by molar-refractivity contribution is -0.138. The SMILES string of the molecule is CN1c2c(Cl)cccc2CC1C(=O)O. The number of benzene rings is 1. The number of hydrogen-bond donors (Lipinski definition) is 1. The molecule has 14 heavy (non-hydrogen) atoms. The average molecular weight is 212 g/mol. The Morgan fingerprint density at radius 1 is 1.64 bits per heavy atom. The van der Waals surface area contributed by atoms with Crippen LogP contribution in [0.3, 0.4) is 0 Å². The van der Waals surface area contributed by atoms with Gasteiger partial charge >= 0.3 is 5.97 Å². The Balaban J connectivity index is 2.46. The fourth-order valence-electron chi connectivity index (χ4n) is 1.87. The number of fused-ring (bicyclic) bond motifs is 1. The number of rotatable bonds is 1. The number of carboxylic acid groups (broad SMARTS) is 1. The van der Waals surface area contributed by atoms with Crippen LogP contribution in [-0.4, -0.2) is 24.2 Å². The van der Waals surface area contributed by atoms with Crippen LogP contribution >= 0.6 is 11.6 Å². The summed E-state index contributed by atoms with van der Waals surface area (Å²) in [5.74, 6) is -0.806. The van der Waals surface area contributed by atoms with Crippen molar-refractivity contribution in [1.29, 1.82) is 0 Å². The van der Waals surface area contributed by atoms with Gasteiger partial charge in [0.1, 0.15) is 6.04 Å². The van der Waals surface area contributed by atoms with Crippen molar-refractivity contribution in [3.8, 4) is 0 Å². The van der Waals surface area contributed by atoms with Gasteiger partial charge in [0.2, 0.25) is 0 Å². The second-order valence-electron chi connectivity index (χ2n) is 3.42. The maximum Gasteiger partial charge on any atom is 0.326 e. The van der Waals surface area contributed by atoms with Gasteiger partial charge in [-0.05, 0) is 11.6 Å². The van der Waals surface area contributed by atoms with Crippen molar-refractivity contribution in [3.63, 3.8) is 0 Å². The summed E-state index contributed by atoms with van der Waals surface area (Å²) >= 11 is 6.00. The van der Waals surface area contributed by atoms with Crippen LogP contribution in [0.25, 0.3) is 0 Å². The number of halogens is 1. The Labute approximate surface area is 86.9 Å². The molecule has 0 saturated carbocycles. The molecule has 0 fully saturated rings. The van der Waals surface area contributed by atoms with Crippen LogP contribution < -0.4 is 4.90 Å². The highest BCUT2D eigenvalue weighted by Crippen LogP contribution is 2.36. The Hall–Kier alpha value is -1.22. The molecule has 1 unspecified atom stereocenters. The summed E-state index contributed by atoms with van der Waals surface area (Å²) < 4.78 is 0. The van der Waals surface area contributed by atoms with Crippen LogP contribution in [-0.2, 0) is 11.2 Å². The van der Waals surface area contributed by atoms with Gasteiger partial charge in [0.05, 0.1) is 10.7 Å². The van der Waals surface area contributed by atoms with E-state index in [9.17, 15) is 4.79 Å². The lowest BCUT2D eigenvalue weighted by Crippen LogP contribution is -2.35. The monoisotopic (exact) mass is 211 g/mol.